The van der Waals surface area contributed by atoms with Crippen LogP contribution < -0.4 is 10.9 Å². The van der Waals surface area contributed by atoms with Crippen LogP contribution in [-0.4, -0.2) is 48.2 Å². The predicted octanol–water partition coefficient (Wildman–Crippen LogP) is 3.06. The SMILES string of the molecule is O=c1[nH]c(CSC2CCOCC2)nc2cc(NC[C@H]3CCOC3)c(F)c(F)c12. The molecule has 28 heavy (non-hydrogen) atoms. The molecule has 0 saturated carbocycles. The summed E-state index contributed by atoms with van der Waals surface area (Å²) in [6.07, 6.45) is 2.80. The Labute approximate surface area is 165 Å². The van der Waals surface area contributed by atoms with Crippen LogP contribution in [0.1, 0.15) is 25.1 Å². The molecular weight excluding hydrogens is 388 g/mol. The largest absolute Gasteiger partial charge is 0.382 e. The van der Waals surface area contributed by atoms with E-state index in [0.29, 0.717) is 36.6 Å². The summed E-state index contributed by atoms with van der Waals surface area (Å²) in [6.45, 7) is 3.26. The molecule has 2 aliphatic rings. The maximum absolute atomic E-state index is 14.5. The van der Waals surface area contributed by atoms with Crippen molar-refractivity contribution in [1.29, 1.82) is 0 Å². The molecule has 1 aromatic carbocycles. The average molecular weight is 411 g/mol. The molecule has 2 fully saturated rings. The number of thioether (sulfide) groups is 1. The van der Waals surface area contributed by atoms with Gasteiger partial charge in [-0.1, -0.05) is 0 Å². The number of aromatic nitrogens is 2. The Bertz CT molecular complexity index is 896. The van der Waals surface area contributed by atoms with Crippen molar-refractivity contribution >= 4 is 28.4 Å². The van der Waals surface area contributed by atoms with Gasteiger partial charge in [-0.15, -0.1) is 0 Å². The number of benzene rings is 1. The molecule has 2 aliphatic heterocycles. The summed E-state index contributed by atoms with van der Waals surface area (Å²) in [5.74, 6) is -0.980. The van der Waals surface area contributed by atoms with Crippen molar-refractivity contribution in [1.82, 2.24) is 9.97 Å². The summed E-state index contributed by atoms with van der Waals surface area (Å²) >= 11 is 1.70. The van der Waals surface area contributed by atoms with Gasteiger partial charge in [0.15, 0.2) is 11.6 Å². The minimum Gasteiger partial charge on any atom is -0.382 e. The summed E-state index contributed by atoms with van der Waals surface area (Å²) in [6, 6.07) is 1.42. The number of aromatic amines is 1. The van der Waals surface area contributed by atoms with E-state index in [2.05, 4.69) is 15.3 Å². The highest BCUT2D eigenvalue weighted by Crippen LogP contribution is 2.27. The maximum Gasteiger partial charge on any atom is 0.261 e. The highest BCUT2D eigenvalue weighted by molar-refractivity contribution is 7.99. The highest BCUT2D eigenvalue weighted by Gasteiger charge is 2.21. The van der Waals surface area contributed by atoms with Crippen molar-refractivity contribution in [2.24, 2.45) is 5.92 Å². The van der Waals surface area contributed by atoms with E-state index >= 15 is 0 Å². The van der Waals surface area contributed by atoms with E-state index < -0.39 is 17.2 Å². The lowest BCUT2D eigenvalue weighted by atomic mass is 10.1. The lowest BCUT2D eigenvalue weighted by Gasteiger charge is -2.21. The Morgan fingerprint density at radius 1 is 1.18 bits per heavy atom. The van der Waals surface area contributed by atoms with Gasteiger partial charge in [-0.05, 0) is 25.3 Å². The van der Waals surface area contributed by atoms with Crippen LogP contribution in [-0.2, 0) is 15.2 Å². The third-order valence-electron chi connectivity index (χ3n) is 5.16. The molecule has 4 rings (SSSR count). The average Bonchev–Trinajstić information content (AvgIpc) is 3.22. The fraction of sp³-hybridized carbons (Fsp3) is 0.579. The van der Waals surface area contributed by atoms with Crippen molar-refractivity contribution in [3.05, 3.63) is 33.9 Å². The molecule has 152 valence electrons. The molecule has 2 aromatic rings. The number of fused-ring (bicyclic) bond motifs is 1. The summed E-state index contributed by atoms with van der Waals surface area (Å²) in [5.41, 5.74) is -0.465. The van der Waals surface area contributed by atoms with Crippen molar-refractivity contribution in [2.45, 2.75) is 30.3 Å². The minimum atomic E-state index is -1.17. The van der Waals surface area contributed by atoms with E-state index in [-0.39, 0.29) is 22.5 Å². The van der Waals surface area contributed by atoms with E-state index in [0.717, 1.165) is 32.5 Å². The van der Waals surface area contributed by atoms with Gasteiger partial charge in [-0.2, -0.15) is 11.8 Å². The van der Waals surface area contributed by atoms with E-state index in [1.807, 2.05) is 0 Å². The topological polar surface area (TPSA) is 76.2 Å². The number of hydrogen-bond acceptors (Lipinski definition) is 6. The Kier molecular flexibility index (Phi) is 6.13. The quantitative estimate of drug-likeness (QED) is 0.761. The molecule has 0 bridgehead atoms. The third-order valence-corrected chi connectivity index (χ3v) is 6.54. The number of nitrogens with zero attached hydrogens (tertiary/aromatic N) is 1. The Morgan fingerprint density at radius 2 is 1.96 bits per heavy atom. The first-order chi connectivity index (χ1) is 13.6. The lowest BCUT2D eigenvalue weighted by Crippen LogP contribution is -2.19. The van der Waals surface area contributed by atoms with Gasteiger partial charge in [0.1, 0.15) is 11.2 Å². The number of ether oxygens (including phenoxy) is 2. The van der Waals surface area contributed by atoms with E-state index in [4.69, 9.17) is 9.47 Å². The zero-order valence-corrected chi connectivity index (χ0v) is 16.2. The predicted molar refractivity (Wildman–Crippen MR) is 105 cm³/mol. The van der Waals surface area contributed by atoms with Crippen LogP contribution in [0.4, 0.5) is 14.5 Å². The van der Waals surface area contributed by atoms with Gasteiger partial charge in [0, 0.05) is 37.5 Å². The van der Waals surface area contributed by atoms with Gasteiger partial charge in [-0.3, -0.25) is 4.79 Å². The highest BCUT2D eigenvalue weighted by atomic mass is 32.2. The summed E-state index contributed by atoms with van der Waals surface area (Å²) in [7, 11) is 0. The zero-order valence-electron chi connectivity index (χ0n) is 15.4. The maximum atomic E-state index is 14.5. The lowest BCUT2D eigenvalue weighted by molar-refractivity contribution is 0.1000. The van der Waals surface area contributed by atoms with Gasteiger partial charge in [0.2, 0.25) is 0 Å². The molecule has 0 amide bonds. The van der Waals surface area contributed by atoms with Crippen LogP contribution in [0.2, 0.25) is 0 Å². The van der Waals surface area contributed by atoms with Crippen molar-refractivity contribution in [3.63, 3.8) is 0 Å². The van der Waals surface area contributed by atoms with Gasteiger partial charge in [0.05, 0.1) is 23.6 Å². The fourth-order valence-corrected chi connectivity index (χ4v) is 4.57. The van der Waals surface area contributed by atoms with E-state index in [1.165, 1.54) is 6.07 Å². The van der Waals surface area contributed by atoms with Crippen LogP contribution in [0, 0.1) is 17.6 Å². The first-order valence-corrected chi connectivity index (χ1v) is 10.6. The third kappa shape index (κ3) is 4.31. The Balaban J connectivity index is 1.55. The van der Waals surface area contributed by atoms with Crippen LogP contribution in [0.25, 0.3) is 10.9 Å². The monoisotopic (exact) mass is 411 g/mol. The molecule has 9 heteroatoms. The molecule has 1 atom stereocenters. The van der Waals surface area contributed by atoms with Gasteiger partial charge in [-0.25, -0.2) is 13.8 Å². The number of rotatable bonds is 6. The van der Waals surface area contributed by atoms with Crippen LogP contribution in [0.5, 0.6) is 0 Å². The molecule has 1 aromatic heterocycles. The van der Waals surface area contributed by atoms with Crippen molar-refractivity contribution < 1.29 is 18.3 Å². The van der Waals surface area contributed by atoms with Crippen LogP contribution in [0.15, 0.2) is 10.9 Å². The molecule has 0 aliphatic carbocycles. The number of nitrogens with one attached hydrogen (secondary N) is 2. The molecular formula is C19H23F2N3O3S. The molecule has 0 spiro atoms. The second-order valence-electron chi connectivity index (χ2n) is 7.19. The molecule has 3 heterocycles. The first kappa shape index (κ1) is 19.6. The van der Waals surface area contributed by atoms with Gasteiger partial charge < -0.3 is 19.8 Å². The number of anilines is 1. The second-order valence-corrected chi connectivity index (χ2v) is 8.48. The number of halogens is 2. The smallest absolute Gasteiger partial charge is 0.261 e. The van der Waals surface area contributed by atoms with Crippen LogP contribution >= 0.6 is 11.8 Å². The van der Waals surface area contributed by atoms with Gasteiger partial charge in [0.25, 0.3) is 5.56 Å². The normalized spacial score (nSPS) is 20.7. The number of hydrogen-bond donors (Lipinski definition) is 2. The van der Waals surface area contributed by atoms with Crippen molar-refractivity contribution in [3.8, 4) is 0 Å². The first-order valence-electron chi connectivity index (χ1n) is 9.53. The molecule has 6 nitrogen and oxygen atoms in total. The summed E-state index contributed by atoms with van der Waals surface area (Å²) in [5, 5.41) is 3.05. The Morgan fingerprint density at radius 3 is 2.71 bits per heavy atom. The standard InChI is InChI=1S/C19H23F2N3O3S/c20-17-14(22-8-11-1-4-27-9-11)7-13-16(18(17)21)19(25)24-15(23-13)10-28-12-2-5-26-6-3-12/h7,11-12,22H,1-6,8-10H2,(H,23,24,25)/t11-/m1/s1. The fourth-order valence-electron chi connectivity index (χ4n) is 3.52. The summed E-state index contributed by atoms with van der Waals surface area (Å²) < 4.78 is 39.6. The minimum absolute atomic E-state index is 0.0260. The molecule has 2 saturated heterocycles. The van der Waals surface area contributed by atoms with Gasteiger partial charge >= 0.3 is 0 Å². The second kappa shape index (κ2) is 8.75. The molecule has 2 N–H and O–H groups in total. The number of H-pyrrole nitrogens is 1. The zero-order chi connectivity index (χ0) is 19.5. The molecule has 0 unspecified atom stereocenters. The van der Waals surface area contributed by atoms with Crippen molar-refractivity contribution in [2.75, 3.05) is 38.3 Å². The van der Waals surface area contributed by atoms with E-state index in [9.17, 15) is 13.6 Å². The Hall–Kier alpha value is -1.71. The van der Waals surface area contributed by atoms with E-state index in [1.54, 1.807) is 11.8 Å². The summed E-state index contributed by atoms with van der Waals surface area (Å²) in [4.78, 5) is 19.3. The van der Waals surface area contributed by atoms with Crippen LogP contribution in [0.3, 0.4) is 0 Å². The molecule has 0 radical (unpaired) electrons.